The van der Waals surface area contributed by atoms with Crippen molar-refractivity contribution >= 4 is 11.4 Å². The molecule has 0 aromatic heterocycles. The maximum atomic E-state index is 11.7. The molecule has 2 nitrogen and oxygen atoms in total. The maximum absolute atomic E-state index is 11.7. The second kappa shape index (κ2) is 4.97. The molecule has 1 aliphatic carbocycles. The first kappa shape index (κ1) is 11.5. The number of hydrogen-bond donors (Lipinski definition) is 0. The van der Waals surface area contributed by atoms with Gasteiger partial charge >= 0.3 is 0 Å². The molecule has 0 atom stereocenters. The summed E-state index contributed by atoms with van der Waals surface area (Å²) in [5, 5.41) is 0. The Morgan fingerprint density at radius 1 is 1.00 bits per heavy atom. The summed E-state index contributed by atoms with van der Waals surface area (Å²) in [5.41, 5.74) is 3.59. The van der Waals surface area contributed by atoms with Gasteiger partial charge in [-0.3, -0.25) is 4.79 Å². The van der Waals surface area contributed by atoms with Crippen LogP contribution in [0.1, 0.15) is 43.2 Å². The highest BCUT2D eigenvalue weighted by Gasteiger charge is 2.18. The van der Waals surface area contributed by atoms with Crippen molar-refractivity contribution in [1.82, 2.24) is 0 Å². The van der Waals surface area contributed by atoms with Crippen LogP contribution in [0.2, 0.25) is 0 Å². The number of para-hydroxylation sites is 1. The highest BCUT2D eigenvalue weighted by Crippen LogP contribution is 2.36. The number of ether oxygens (including phenoxy) is 1. The minimum atomic E-state index is 0.260. The summed E-state index contributed by atoms with van der Waals surface area (Å²) in [5.74, 6) is 1.28. The van der Waals surface area contributed by atoms with E-state index in [4.69, 9.17) is 4.74 Å². The van der Waals surface area contributed by atoms with E-state index in [9.17, 15) is 4.79 Å². The number of aryl methyl sites for hydroxylation is 1. The number of carbonyl (C=O) groups is 1. The Hall–Kier alpha value is -1.57. The molecule has 94 valence electrons. The van der Waals surface area contributed by atoms with E-state index in [2.05, 4.69) is 18.2 Å². The fourth-order valence-corrected chi connectivity index (χ4v) is 2.81. The Morgan fingerprint density at radius 3 is 2.83 bits per heavy atom. The van der Waals surface area contributed by atoms with E-state index in [1.54, 1.807) is 0 Å². The Labute approximate surface area is 108 Å². The van der Waals surface area contributed by atoms with Crippen molar-refractivity contribution in [2.45, 2.75) is 38.5 Å². The molecule has 0 radical (unpaired) electrons. The Bertz CT molecular complexity index is 500. The summed E-state index contributed by atoms with van der Waals surface area (Å²) in [6, 6.07) is 6.31. The Kier molecular flexibility index (Phi) is 3.18. The van der Waals surface area contributed by atoms with Crippen molar-refractivity contribution in [3.05, 3.63) is 35.4 Å². The predicted molar refractivity (Wildman–Crippen MR) is 71.7 cm³/mol. The first-order chi connectivity index (χ1) is 8.84. The van der Waals surface area contributed by atoms with Gasteiger partial charge in [-0.15, -0.1) is 0 Å². The number of hydrogen-bond acceptors (Lipinski definition) is 2. The first-order valence-corrected chi connectivity index (χ1v) is 6.83. The van der Waals surface area contributed by atoms with Gasteiger partial charge < -0.3 is 4.74 Å². The van der Waals surface area contributed by atoms with Crippen LogP contribution >= 0.6 is 0 Å². The van der Waals surface area contributed by atoms with Gasteiger partial charge in [0.25, 0.3) is 0 Å². The molecule has 2 aliphatic rings. The molecule has 0 unspecified atom stereocenters. The van der Waals surface area contributed by atoms with Crippen LogP contribution in [-0.2, 0) is 11.2 Å². The lowest BCUT2D eigenvalue weighted by Gasteiger charge is -2.21. The molecule has 1 aliphatic heterocycles. The van der Waals surface area contributed by atoms with Crippen LogP contribution in [0.15, 0.2) is 24.3 Å². The smallest absolute Gasteiger partial charge is 0.155 e. The lowest BCUT2D eigenvalue weighted by molar-refractivity contribution is -0.114. The predicted octanol–water partition coefficient (Wildman–Crippen LogP) is 3.54. The molecule has 1 heterocycles. The van der Waals surface area contributed by atoms with Gasteiger partial charge in [-0.05, 0) is 49.3 Å². The second-order valence-corrected chi connectivity index (χ2v) is 5.09. The molecule has 0 fully saturated rings. The maximum Gasteiger partial charge on any atom is 0.155 e. The largest absolute Gasteiger partial charge is 0.493 e. The van der Waals surface area contributed by atoms with Gasteiger partial charge in [0, 0.05) is 12.0 Å². The number of rotatable bonds is 1. The first-order valence-electron chi connectivity index (χ1n) is 6.83. The molecule has 0 saturated carbocycles. The second-order valence-electron chi connectivity index (χ2n) is 5.09. The summed E-state index contributed by atoms with van der Waals surface area (Å²) in [6.45, 7) is 0.797. The van der Waals surface area contributed by atoms with E-state index in [0.717, 1.165) is 55.6 Å². The highest BCUT2D eigenvalue weighted by molar-refractivity contribution is 5.98. The van der Waals surface area contributed by atoms with Crippen LogP contribution in [-0.4, -0.2) is 12.4 Å². The summed E-state index contributed by atoms with van der Waals surface area (Å²) >= 11 is 0. The van der Waals surface area contributed by atoms with Crippen molar-refractivity contribution in [3.63, 3.8) is 0 Å². The quantitative estimate of drug-likeness (QED) is 0.753. The minimum absolute atomic E-state index is 0.260. The van der Waals surface area contributed by atoms with E-state index in [0.29, 0.717) is 6.42 Å². The molecule has 2 heteroatoms. The molecule has 1 aromatic carbocycles. The lowest BCUT2D eigenvalue weighted by atomic mass is 9.95. The van der Waals surface area contributed by atoms with Crippen LogP contribution in [0, 0.1) is 0 Å². The van der Waals surface area contributed by atoms with E-state index < -0.39 is 0 Å². The fourth-order valence-electron chi connectivity index (χ4n) is 2.81. The van der Waals surface area contributed by atoms with Crippen molar-refractivity contribution in [3.8, 4) is 5.75 Å². The standard InChI is InChI=1S/C16H18O2/c17-14-8-2-1-5-13(11-14)15-9-3-6-12-7-4-10-18-16(12)15/h3,6,9,11H,1-2,4-5,7-8,10H2. The van der Waals surface area contributed by atoms with E-state index in [1.807, 2.05) is 6.08 Å². The molecule has 0 saturated heterocycles. The lowest BCUT2D eigenvalue weighted by Crippen LogP contribution is -2.10. The molecule has 0 spiro atoms. The van der Waals surface area contributed by atoms with Crippen LogP contribution in [0.5, 0.6) is 5.75 Å². The van der Waals surface area contributed by atoms with Crippen LogP contribution < -0.4 is 4.74 Å². The highest BCUT2D eigenvalue weighted by atomic mass is 16.5. The fraction of sp³-hybridized carbons (Fsp3) is 0.438. The van der Waals surface area contributed by atoms with Crippen LogP contribution in [0.4, 0.5) is 0 Å². The third-order valence-electron chi connectivity index (χ3n) is 3.73. The molecular formula is C16H18O2. The summed E-state index contributed by atoms with van der Waals surface area (Å²) < 4.78 is 5.83. The number of carbonyl (C=O) groups excluding carboxylic acids is 1. The van der Waals surface area contributed by atoms with Crippen molar-refractivity contribution in [2.75, 3.05) is 6.61 Å². The summed E-state index contributed by atoms with van der Waals surface area (Å²) in [6.07, 6.45) is 7.81. The van der Waals surface area contributed by atoms with Crippen LogP contribution in [0.25, 0.3) is 5.57 Å². The number of benzene rings is 1. The third-order valence-corrected chi connectivity index (χ3v) is 3.73. The summed E-state index contributed by atoms with van der Waals surface area (Å²) in [7, 11) is 0. The van der Waals surface area contributed by atoms with Crippen molar-refractivity contribution < 1.29 is 9.53 Å². The van der Waals surface area contributed by atoms with Gasteiger partial charge in [0.05, 0.1) is 6.61 Å². The van der Waals surface area contributed by atoms with Gasteiger partial charge in [-0.1, -0.05) is 18.2 Å². The monoisotopic (exact) mass is 242 g/mol. The number of allylic oxidation sites excluding steroid dienone is 2. The average Bonchev–Trinajstić information content (AvgIpc) is 2.63. The topological polar surface area (TPSA) is 26.3 Å². The van der Waals surface area contributed by atoms with Crippen molar-refractivity contribution in [2.24, 2.45) is 0 Å². The minimum Gasteiger partial charge on any atom is -0.493 e. The zero-order valence-corrected chi connectivity index (χ0v) is 10.6. The number of ketones is 1. The average molecular weight is 242 g/mol. The molecule has 3 rings (SSSR count). The SMILES string of the molecule is O=C1C=C(c2cccc3c2OCCC3)CCCC1. The van der Waals surface area contributed by atoms with E-state index >= 15 is 0 Å². The van der Waals surface area contributed by atoms with Gasteiger partial charge in [0.2, 0.25) is 0 Å². The molecule has 0 N–H and O–H groups in total. The Balaban J connectivity index is 2.03. The molecule has 18 heavy (non-hydrogen) atoms. The van der Waals surface area contributed by atoms with Crippen LogP contribution in [0.3, 0.4) is 0 Å². The normalized spacial score (nSPS) is 19.6. The van der Waals surface area contributed by atoms with Gasteiger partial charge in [-0.2, -0.15) is 0 Å². The zero-order chi connectivity index (χ0) is 12.4. The molecular weight excluding hydrogens is 224 g/mol. The van der Waals surface area contributed by atoms with Crippen molar-refractivity contribution in [1.29, 1.82) is 0 Å². The number of fused-ring (bicyclic) bond motifs is 1. The Morgan fingerprint density at radius 2 is 1.89 bits per heavy atom. The van der Waals surface area contributed by atoms with Gasteiger partial charge in [-0.25, -0.2) is 0 Å². The van der Waals surface area contributed by atoms with Gasteiger partial charge in [0.15, 0.2) is 5.78 Å². The molecule has 0 bridgehead atoms. The molecule has 1 aromatic rings. The summed E-state index contributed by atoms with van der Waals surface area (Å²) in [4.78, 5) is 11.7. The van der Waals surface area contributed by atoms with E-state index in [1.165, 1.54) is 5.56 Å². The van der Waals surface area contributed by atoms with E-state index in [-0.39, 0.29) is 5.78 Å². The third kappa shape index (κ3) is 2.20. The zero-order valence-electron chi connectivity index (χ0n) is 10.6. The molecule has 0 amide bonds. The van der Waals surface area contributed by atoms with Gasteiger partial charge in [0.1, 0.15) is 5.75 Å².